The summed E-state index contributed by atoms with van der Waals surface area (Å²) in [5.41, 5.74) is 1.06. The Morgan fingerprint density at radius 3 is 2.91 bits per heavy atom. The predicted molar refractivity (Wildman–Crippen MR) is 85.4 cm³/mol. The van der Waals surface area contributed by atoms with Crippen LogP contribution in [0.5, 0.6) is 0 Å². The lowest BCUT2D eigenvalue weighted by Crippen LogP contribution is -2.31. The van der Waals surface area contributed by atoms with Crippen LogP contribution < -0.4 is 0 Å². The number of amides is 1. The van der Waals surface area contributed by atoms with Gasteiger partial charge in [0, 0.05) is 18.5 Å². The van der Waals surface area contributed by atoms with Crippen LogP contribution in [0.1, 0.15) is 66.4 Å². The van der Waals surface area contributed by atoms with Crippen molar-refractivity contribution in [3.8, 4) is 0 Å². The topological polar surface area (TPSA) is 72.1 Å². The van der Waals surface area contributed by atoms with Crippen molar-refractivity contribution in [3.63, 3.8) is 0 Å². The molecule has 3 heterocycles. The van der Waals surface area contributed by atoms with E-state index in [2.05, 4.69) is 15.1 Å². The number of carbonyl (C=O) groups excluding carboxylic acids is 1. The van der Waals surface area contributed by atoms with Gasteiger partial charge < -0.3 is 9.42 Å². The van der Waals surface area contributed by atoms with E-state index >= 15 is 0 Å². The summed E-state index contributed by atoms with van der Waals surface area (Å²) < 4.78 is 5.35. The lowest BCUT2D eigenvalue weighted by atomic mass is 10.1. The quantitative estimate of drug-likeness (QED) is 0.858. The maximum absolute atomic E-state index is 12.9. The number of aromatic nitrogens is 3. The Morgan fingerprint density at radius 2 is 2.26 bits per heavy atom. The first-order valence-electron chi connectivity index (χ1n) is 7.74. The molecule has 0 aromatic carbocycles. The Morgan fingerprint density at radius 1 is 1.48 bits per heavy atom. The highest BCUT2D eigenvalue weighted by Crippen LogP contribution is 2.34. The molecule has 1 aliphatic rings. The summed E-state index contributed by atoms with van der Waals surface area (Å²) in [4.78, 5) is 23.2. The van der Waals surface area contributed by atoms with Gasteiger partial charge in [-0.15, -0.1) is 0 Å². The third kappa shape index (κ3) is 3.08. The van der Waals surface area contributed by atoms with E-state index in [-0.39, 0.29) is 28.6 Å². The van der Waals surface area contributed by atoms with Crippen LogP contribution in [-0.4, -0.2) is 32.5 Å². The van der Waals surface area contributed by atoms with E-state index in [1.807, 2.05) is 26.8 Å². The molecule has 122 valence electrons. The summed E-state index contributed by atoms with van der Waals surface area (Å²) in [6, 6.07) is 1.76. The van der Waals surface area contributed by atoms with Crippen LogP contribution in [0.2, 0.25) is 5.02 Å². The molecule has 2 aromatic heterocycles. The molecule has 0 aliphatic carbocycles. The molecule has 0 spiro atoms. The van der Waals surface area contributed by atoms with Crippen LogP contribution in [0.25, 0.3) is 0 Å². The lowest BCUT2D eigenvalue weighted by Gasteiger charge is -2.22. The summed E-state index contributed by atoms with van der Waals surface area (Å²) >= 11 is 6.16. The fourth-order valence-electron chi connectivity index (χ4n) is 2.79. The second-order valence-corrected chi connectivity index (χ2v) is 6.51. The number of rotatable bonds is 3. The van der Waals surface area contributed by atoms with Crippen molar-refractivity contribution in [2.24, 2.45) is 0 Å². The third-order valence-electron chi connectivity index (χ3n) is 3.97. The zero-order valence-electron chi connectivity index (χ0n) is 13.4. The SMILES string of the molecule is Cc1cc([C@@H]2CCCN2C(=O)c2nc(C(C)C)ncc2Cl)on1. The third-order valence-corrected chi connectivity index (χ3v) is 4.25. The van der Waals surface area contributed by atoms with E-state index in [0.29, 0.717) is 18.1 Å². The monoisotopic (exact) mass is 334 g/mol. The Balaban J connectivity index is 1.91. The zero-order chi connectivity index (χ0) is 16.6. The van der Waals surface area contributed by atoms with Gasteiger partial charge in [-0.1, -0.05) is 30.6 Å². The minimum absolute atomic E-state index is 0.114. The molecule has 1 amide bonds. The largest absolute Gasteiger partial charge is 0.359 e. The molecule has 0 unspecified atom stereocenters. The average molecular weight is 335 g/mol. The van der Waals surface area contributed by atoms with Crippen LogP contribution in [-0.2, 0) is 0 Å². The molecule has 1 saturated heterocycles. The molecule has 6 nitrogen and oxygen atoms in total. The predicted octanol–water partition coefficient (Wildman–Crippen LogP) is 3.53. The van der Waals surface area contributed by atoms with Crippen LogP contribution in [0.4, 0.5) is 0 Å². The summed E-state index contributed by atoms with van der Waals surface area (Å²) in [6.07, 6.45) is 3.26. The highest BCUT2D eigenvalue weighted by atomic mass is 35.5. The maximum Gasteiger partial charge on any atom is 0.274 e. The van der Waals surface area contributed by atoms with Gasteiger partial charge in [0.2, 0.25) is 0 Å². The smallest absolute Gasteiger partial charge is 0.274 e. The second-order valence-electron chi connectivity index (χ2n) is 6.11. The fraction of sp³-hybridized carbons (Fsp3) is 0.500. The Labute approximate surface area is 139 Å². The summed E-state index contributed by atoms with van der Waals surface area (Å²) in [7, 11) is 0. The molecule has 0 N–H and O–H groups in total. The minimum Gasteiger partial charge on any atom is -0.359 e. The van der Waals surface area contributed by atoms with E-state index in [9.17, 15) is 4.79 Å². The van der Waals surface area contributed by atoms with Gasteiger partial charge in [0.1, 0.15) is 5.82 Å². The molecule has 0 bridgehead atoms. The van der Waals surface area contributed by atoms with Gasteiger partial charge >= 0.3 is 0 Å². The number of carbonyl (C=O) groups is 1. The second kappa shape index (κ2) is 6.28. The van der Waals surface area contributed by atoms with E-state index in [4.69, 9.17) is 16.1 Å². The van der Waals surface area contributed by atoms with Crippen molar-refractivity contribution >= 4 is 17.5 Å². The summed E-state index contributed by atoms with van der Waals surface area (Å²) in [5, 5.41) is 4.19. The highest BCUT2D eigenvalue weighted by molar-refractivity contribution is 6.33. The van der Waals surface area contributed by atoms with Crippen LogP contribution in [0, 0.1) is 6.92 Å². The first-order chi connectivity index (χ1) is 11.0. The van der Waals surface area contributed by atoms with E-state index < -0.39 is 0 Å². The van der Waals surface area contributed by atoms with Gasteiger partial charge in [0.15, 0.2) is 11.5 Å². The van der Waals surface area contributed by atoms with Crippen LogP contribution in [0.15, 0.2) is 16.8 Å². The summed E-state index contributed by atoms with van der Waals surface area (Å²) in [5.74, 6) is 1.27. The summed E-state index contributed by atoms with van der Waals surface area (Å²) in [6.45, 7) is 6.48. The number of hydrogen-bond acceptors (Lipinski definition) is 5. The first kappa shape index (κ1) is 15.9. The Kier molecular flexibility index (Phi) is 4.35. The number of halogens is 1. The van der Waals surface area contributed by atoms with Gasteiger partial charge in [-0.05, 0) is 19.8 Å². The number of nitrogens with zero attached hydrogens (tertiary/aromatic N) is 4. The normalized spacial score (nSPS) is 18.0. The fourth-order valence-corrected chi connectivity index (χ4v) is 2.96. The number of hydrogen-bond donors (Lipinski definition) is 0. The van der Waals surface area contributed by atoms with Gasteiger partial charge in [0.25, 0.3) is 5.91 Å². The van der Waals surface area contributed by atoms with E-state index in [0.717, 1.165) is 18.5 Å². The van der Waals surface area contributed by atoms with Crippen molar-refractivity contribution in [1.29, 1.82) is 0 Å². The molecule has 1 aliphatic heterocycles. The molecule has 23 heavy (non-hydrogen) atoms. The first-order valence-corrected chi connectivity index (χ1v) is 8.11. The Hall–Kier alpha value is -1.95. The molecular weight excluding hydrogens is 316 g/mol. The molecule has 0 saturated carbocycles. The molecule has 0 radical (unpaired) electrons. The van der Waals surface area contributed by atoms with Crippen molar-refractivity contribution in [2.75, 3.05) is 6.54 Å². The van der Waals surface area contributed by atoms with Crippen molar-refractivity contribution in [3.05, 3.63) is 40.3 Å². The minimum atomic E-state index is -0.184. The molecule has 3 rings (SSSR count). The average Bonchev–Trinajstić information content (AvgIpc) is 3.15. The van der Waals surface area contributed by atoms with Crippen molar-refractivity contribution < 1.29 is 9.32 Å². The Bertz CT molecular complexity index is 729. The standard InChI is InChI=1S/C16H19ClN4O2/c1-9(2)15-18-8-11(17)14(19-15)16(22)21-6-4-5-12(21)13-7-10(3)20-23-13/h7-9,12H,4-6H2,1-3H3/t12-/m0/s1. The molecular formula is C16H19ClN4O2. The number of aryl methyl sites for hydroxylation is 1. The van der Waals surface area contributed by atoms with E-state index in [1.165, 1.54) is 6.20 Å². The van der Waals surface area contributed by atoms with Gasteiger partial charge in [0.05, 0.1) is 23.0 Å². The molecule has 2 aromatic rings. The molecule has 7 heteroatoms. The highest BCUT2D eigenvalue weighted by Gasteiger charge is 2.34. The van der Waals surface area contributed by atoms with Crippen LogP contribution in [0.3, 0.4) is 0 Å². The maximum atomic E-state index is 12.9. The van der Waals surface area contributed by atoms with Gasteiger partial charge in [-0.3, -0.25) is 4.79 Å². The molecule has 1 fully saturated rings. The van der Waals surface area contributed by atoms with Crippen molar-refractivity contribution in [2.45, 2.75) is 45.6 Å². The van der Waals surface area contributed by atoms with Crippen LogP contribution >= 0.6 is 11.6 Å². The zero-order valence-corrected chi connectivity index (χ0v) is 14.2. The lowest BCUT2D eigenvalue weighted by molar-refractivity contribution is 0.0708. The number of likely N-dealkylation sites (tertiary alicyclic amines) is 1. The van der Waals surface area contributed by atoms with E-state index in [1.54, 1.807) is 4.90 Å². The van der Waals surface area contributed by atoms with Gasteiger partial charge in [-0.25, -0.2) is 9.97 Å². The van der Waals surface area contributed by atoms with Gasteiger partial charge in [-0.2, -0.15) is 0 Å². The van der Waals surface area contributed by atoms with Crippen molar-refractivity contribution in [1.82, 2.24) is 20.0 Å². The molecule has 1 atom stereocenters.